The molecule has 0 atom stereocenters. The van der Waals surface area contributed by atoms with Crippen molar-refractivity contribution in [1.29, 1.82) is 0 Å². The van der Waals surface area contributed by atoms with Crippen molar-refractivity contribution < 1.29 is 14.3 Å². The van der Waals surface area contributed by atoms with Crippen molar-refractivity contribution in [1.82, 2.24) is 9.80 Å². The average molecular weight is 382 g/mol. The zero-order valence-corrected chi connectivity index (χ0v) is 16.3. The predicted molar refractivity (Wildman–Crippen MR) is 109 cm³/mol. The number of anilines is 1. The zero-order valence-electron chi connectivity index (χ0n) is 16.3. The molecule has 1 fully saturated rings. The van der Waals surface area contributed by atoms with E-state index >= 15 is 0 Å². The first-order valence-corrected chi connectivity index (χ1v) is 9.28. The molecule has 3 N–H and O–H groups in total. The van der Waals surface area contributed by atoms with Crippen LogP contribution in [0.1, 0.15) is 26.3 Å². The third-order valence-electron chi connectivity index (χ3n) is 4.94. The van der Waals surface area contributed by atoms with Crippen LogP contribution in [0.5, 0.6) is 5.75 Å². The van der Waals surface area contributed by atoms with E-state index in [1.807, 2.05) is 24.1 Å². The summed E-state index contributed by atoms with van der Waals surface area (Å²) in [5.74, 6) is 0.187. The van der Waals surface area contributed by atoms with Crippen LogP contribution in [0.4, 0.5) is 5.69 Å². The van der Waals surface area contributed by atoms with Crippen molar-refractivity contribution in [2.24, 2.45) is 5.73 Å². The van der Waals surface area contributed by atoms with E-state index in [0.29, 0.717) is 42.2 Å². The van der Waals surface area contributed by atoms with E-state index < -0.39 is 0 Å². The molecule has 1 saturated heterocycles. The summed E-state index contributed by atoms with van der Waals surface area (Å²) in [6.45, 7) is 3.51. The molecule has 7 heteroatoms. The standard InChI is InChI=1S/C21H26N4O3/c1-24-9-11-25(12-10-24)21(27)17-7-8-19(28-2)18(13-17)23-20(26)16-5-3-15(14-22)4-6-16/h3-8,13H,9-12,14,22H2,1-2H3,(H,23,26). The molecule has 28 heavy (non-hydrogen) atoms. The number of nitrogens with zero attached hydrogens (tertiary/aromatic N) is 2. The minimum Gasteiger partial charge on any atom is -0.495 e. The second-order valence-electron chi connectivity index (χ2n) is 6.87. The Morgan fingerprint density at radius 2 is 1.68 bits per heavy atom. The molecule has 148 valence electrons. The number of likely N-dealkylation sites (N-methyl/N-ethyl adjacent to an activating group) is 1. The first-order chi connectivity index (χ1) is 13.5. The number of piperazine rings is 1. The van der Waals surface area contributed by atoms with Gasteiger partial charge in [-0.25, -0.2) is 0 Å². The molecule has 0 aliphatic carbocycles. The van der Waals surface area contributed by atoms with Crippen LogP contribution in [0.3, 0.4) is 0 Å². The number of ether oxygens (including phenoxy) is 1. The molecule has 0 bridgehead atoms. The lowest BCUT2D eigenvalue weighted by Crippen LogP contribution is -2.47. The summed E-state index contributed by atoms with van der Waals surface area (Å²) in [6.07, 6.45) is 0. The van der Waals surface area contributed by atoms with Gasteiger partial charge in [-0.05, 0) is 42.9 Å². The van der Waals surface area contributed by atoms with Crippen molar-refractivity contribution in [2.75, 3.05) is 45.7 Å². The summed E-state index contributed by atoms with van der Waals surface area (Å²) >= 11 is 0. The Balaban J connectivity index is 1.78. The minimum atomic E-state index is -0.272. The van der Waals surface area contributed by atoms with Crippen LogP contribution in [0.25, 0.3) is 0 Å². The van der Waals surface area contributed by atoms with Crippen LogP contribution in [-0.4, -0.2) is 62.0 Å². The monoisotopic (exact) mass is 382 g/mol. The number of carbonyl (C=O) groups is 2. The molecule has 0 radical (unpaired) electrons. The second kappa shape index (κ2) is 8.86. The van der Waals surface area contributed by atoms with E-state index in [2.05, 4.69) is 10.2 Å². The van der Waals surface area contributed by atoms with Crippen LogP contribution in [0.2, 0.25) is 0 Å². The first kappa shape index (κ1) is 19.9. The number of methoxy groups -OCH3 is 1. The maximum Gasteiger partial charge on any atom is 0.255 e. The molecule has 1 aliphatic rings. The normalized spacial score (nSPS) is 14.6. The Kier molecular flexibility index (Phi) is 6.28. The Bertz CT molecular complexity index is 843. The highest BCUT2D eigenvalue weighted by Gasteiger charge is 2.21. The van der Waals surface area contributed by atoms with Gasteiger partial charge in [-0.15, -0.1) is 0 Å². The van der Waals surface area contributed by atoms with E-state index in [9.17, 15) is 9.59 Å². The lowest BCUT2D eigenvalue weighted by atomic mass is 10.1. The third kappa shape index (κ3) is 4.49. The van der Waals surface area contributed by atoms with Gasteiger partial charge in [0.2, 0.25) is 0 Å². The highest BCUT2D eigenvalue weighted by molar-refractivity contribution is 6.06. The SMILES string of the molecule is COc1ccc(C(=O)N2CCN(C)CC2)cc1NC(=O)c1ccc(CN)cc1. The molecular formula is C21H26N4O3. The van der Waals surface area contributed by atoms with Gasteiger partial charge in [-0.3, -0.25) is 9.59 Å². The molecule has 2 amide bonds. The molecule has 2 aromatic rings. The number of benzene rings is 2. The Morgan fingerprint density at radius 1 is 1.04 bits per heavy atom. The molecule has 1 heterocycles. The predicted octanol–water partition coefficient (Wildman–Crippen LogP) is 1.79. The van der Waals surface area contributed by atoms with Crippen molar-refractivity contribution in [3.8, 4) is 5.75 Å². The summed E-state index contributed by atoms with van der Waals surface area (Å²) in [5, 5.41) is 2.85. The minimum absolute atomic E-state index is 0.0430. The van der Waals surface area contributed by atoms with E-state index in [4.69, 9.17) is 10.5 Å². The van der Waals surface area contributed by atoms with Gasteiger partial charge in [0.05, 0.1) is 12.8 Å². The lowest BCUT2D eigenvalue weighted by molar-refractivity contribution is 0.0664. The maximum absolute atomic E-state index is 12.8. The van der Waals surface area contributed by atoms with Crippen LogP contribution in [-0.2, 0) is 6.54 Å². The van der Waals surface area contributed by atoms with Crippen LogP contribution in [0, 0.1) is 0 Å². The quantitative estimate of drug-likeness (QED) is 0.823. The number of nitrogens with two attached hydrogens (primary N) is 1. The van der Waals surface area contributed by atoms with Gasteiger partial charge in [-0.1, -0.05) is 12.1 Å². The Labute approximate surface area is 165 Å². The van der Waals surface area contributed by atoms with E-state index in [-0.39, 0.29) is 11.8 Å². The summed E-state index contributed by atoms with van der Waals surface area (Å²) < 4.78 is 5.35. The summed E-state index contributed by atoms with van der Waals surface area (Å²) in [4.78, 5) is 29.5. The molecule has 0 spiro atoms. The molecule has 2 aromatic carbocycles. The molecular weight excluding hydrogens is 356 g/mol. The van der Waals surface area contributed by atoms with Crippen molar-refractivity contribution in [3.63, 3.8) is 0 Å². The molecule has 7 nitrogen and oxygen atoms in total. The fourth-order valence-electron chi connectivity index (χ4n) is 3.12. The highest BCUT2D eigenvalue weighted by Crippen LogP contribution is 2.27. The van der Waals surface area contributed by atoms with Gasteiger partial charge in [0.1, 0.15) is 5.75 Å². The topological polar surface area (TPSA) is 87.9 Å². The van der Waals surface area contributed by atoms with Crippen molar-refractivity contribution >= 4 is 17.5 Å². The maximum atomic E-state index is 12.8. The third-order valence-corrected chi connectivity index (χ3v) is 4.94. The summed E-state index contributed by atoms with van der Waals surface area (Å²) in [7, 11) is 3.58. The first-order valence-electron chi connectivity index (χ1n) is 9.28. The molecule has 3 rings (SSSR count). The van der Waals surface area contributed by atoms with Crippen LogP contribution >= 0.6 is 0 Å². The number of nitrogens with one attached hydrogen (secondary N) is 1. The fourth-order valence-corrected chi connectivity index (χ4v) is 3.12. The smallest absolute Gasteiger partial charge is 0.255 e. The number of hydrogen-bond acceptors (Lipinski definition) is 5. The number of rotatable bonds is 5. The van der Waals surface area contributed by atoms with Crippen LogP contribution < -0.4 is 15.8 Å². The van der Waals surface area contributed by atoms with Gasteiger partial charge in [0, 0.05) is 43.9 Å². The van der Waals surface area contributed by atoms with Crippen molar-refractivity contribution in [3.05, 3.63) is 59.2 Å². The molecule has 1 aliphatic heterocycles. The second-order valence-corrected chi connectivity index (χ2v) is 6.87. The summed E-state index contributed by atoms with van der Waals surface area (Å²) in [6, 6.07) is 12.2. The van der Waals surface area contributed by atoms with Gasteiger partial charge < -0.3 is 25.6 Å². The van der Waals surface area contributed by atoms with Gasteiger partial charge in [0.15, 0.2) is 0 Å². The summed E-state index contributed by atoms with van der Waals surface area (Å²) in [5.41, 5.74) is 8.05. The van der Waals surface area contributed by atoms with Gasteiger partial charge in [0.25, 0.3) is 11.8 Å². The number of amides is 2. The van der Waals surface area contributed by atoms with E-state index in [1.165, 1.54) is 7.11 Å². The number of carbonyl (C=O) groups excluding carboxylic acids is 2. The fraction of sp³-hybridized carbons (Fsp3) is 0.333. The van der Waals surface area contributed by atoms with E-state index in [1.54, 1.807) is 30.3 Å². The van der Waals surface area contributed by atoms with E-state index in [0.717, 1.165) is 18.7 Å². The Hall–Kier alpha value is -2.90. The lowest BCUT2D eigenvalue weighted by Gasteiger charge is -2.32. The molecule has 0 unspecified atom stereocenters. The number of hydrogen-bond donors (Lipinski definition) is 2. The van der Waals surface area contributed by atoms with Crippen LogP contribution in [0.15, 0.2) is 42.5 Å². The molecule has 0 aromatic heterocycles. The zero-order chi connectivity index (χ0) is 20.1. The van der Waals surface area contributed by atoms with Crippen molar-refractivity contribution in [2.45, 2.75) is 6.54 Å². The van der Waals surface area contributed by atoms with Gasteiger partial charge in [-0.2, -0.15) is 0 Å². The largest absolute Gasteiger partial charge is 0.495 e. The average Bonchev–Trinajstić information content (AvgIpc) is 2.73. The Morgan fingerprint density at radius 3 is 2.29 bits per heavy atom. The van der Waals surface area contributed by atoms with Gasteiger partial charge >= 0.3 is 0 Å². The molecule has 0 saturated carbocycles. The highest BCUT2D eigenvalue weighted by atomic mass is 16.5.